The number of aromatic nitrogens is 3. The maximum atomic E-state index is 12.6. The summed E-state index contributed by atoms with van der Waals surface area (Å²) in [7, 11) is 0. The van der Waals surface area contributed by atoms with Crippen LogP contribution in [0.1, 0.15) is 30.0 Å². The standard InChI is InChI=1S/C15H16N4O3S/c1-3-11(13(20)16-7-10-5-4-6-23-10)19-8-17-14-12(15(19)21)9(2)18-22-14/h4-6,8,11H,3,7H2,1-2H3,(H,16,20). The van der Waals surface area contributed by atoms with Crippen LogP contribution in [-0.4, -0.2) is 20.6 Å². The second-order valence-corrected chi connectivity index (χ2v) is 6.16. The molecule has 3 rings (SSSR count). The Labute approximate surface area is 135 Å². The first-order valence-electron chi connectivity index (χ1n) is 7.25. The molecule has 0 aliphatic rings. The number of aryl methyl sites for hydroxylation is 1. The number of thiophene rings is 1. The lowest BCUT2D eigenvalue weighted by atomic mass is 10.2. The van der Waals surface area contributed by atoms with Crippen LogP contribution in [-0.2, 0) is 11.3 Å². The SMILES string of the molecule is CCC(C(=O)NCc1cccs1)n1cnc2onc(C)c2c1=O. The Morgan fingerprint density at radius 1 is 1.52 bits per heavy atom. The second kappa shape index (κ2) is 6.33. The van der Waals surface area contributed by atoms with Crippen LogP contribution < -0.4 is 10.9 Å². The monoisotopic (exact) mass is 332 g/mol. The van der Waals surface area contributed by atoms with Gasteiger partial charge in [-0.3, -0.25) is 14.2 Å². The third-order valence-electron chi connectivity index (χ3n) is 3.63. The van der Waals surface area contributed by atoms with E-state index in [9.17, 15) is 9.59 Å². The number of hydrogen-bond donors (Lipinski definition) is 1. The molecule has 120 valence electrons. The van der Waals surface area contributed by atoms with Crippen molar-refractivity contribution in [1.29, 1.82) is 0 Å². The fourth-order valence-electron chi connectivity index (χ4n) is 2.42. The minimum absolute atomic E-state index is 0.192. The Bertz CT molecular complexity index is 882. The van der Waals surface area contributed by atoms with Gasteiger partial charge in [0.2, 0.25) is 5.91 Å². The zero-order valence-electron chi connectivity index (χ0n) is 12.8. The van der Waals surface area contributed by atoms with E-state index in [4.69, 9.17) is 4.52 Å². The van der Waals surface area contributed by atoms with E-state index in [2.05, 4.69) is 15.5 Å². The van der Waals surface area contributed by atoms with Gasteiger partial charge in [0.15, 0.2) is 0 Å². The van der Waals surface area contributed by atoms with Crippen LogP contribution in [0.15, 0.2) is 33.2 Å². The zero-order chi connectivity index (χ0) is 16.4. The van der Waals surface area contributed by atoms with Gasteiger partial charge in [0.1, 0.15) is 17.8 Å². The van der Waals surface area contributed by atoms with E-state index in [1.807, 2.05) is 24.4 Å². The number of fused-ring (bicyclic) bond motifs is 1. The summed E-state index contributed by atoms with van der Waals surface area (Å²) in [5.74, 6) is -0.210. The molecule has 8 heteroatoms. The fourth-order valence-corrected chi connectivity index (χ4v) is 3.07. The molecule has 3 aromatic rings. The van der Waals surface area contributed by atoms with Gasteiger partial charge in [-0.25, -0.2) is 4.98 Å². The number of amides is 1. The molecule has 0 fully saturated rings. The molecule has 1 amide bonds. The highest BCUT2D eigenvalue weighted by Gasteiger charge is 2.22. The number of carbonyl (C=O) groups is 1. The van der Waals surface area contributed by atoms with Gasteiger partial charge >= 0.3 is 0 Å². The normalized spacial score (nSPS) is 12.4. The molecule has 23 heavy (non-hydrogen) atoms. The molecule has 0 radical (unpaired) electrons. The van der Waals surface area contributed by atoms with Crippen LogP contribution in [0.25, 0.3) is 11.1 Å². The number of nitrogens with one attached hydrogen (secondary N) is 1. The van der Waals surface area contributed by atoms with E-state index in [0.29, 0.717) is 24.0 Å². The van der Waals surface area contributed by atoms with Crippen LogP contribution in [0.4, 0.5) is 0 Å². The Balaban J connectivity index is 1.88. The summed E-state index contributed by atoms with van der Waals surface area (Å²) in [6, 6.07) is 3.26. The lowest BCUT2D eigenvalue weighted by molar-refractivity contribution is -0.124. The lowest BCUT2D eigenvalue weighted by Gasteiger charge is -2.17. The topological polar surface area (TPSA) is 90.0 Å². The molecule has 7 nitrogen and oxygen atoms in total. The molecule has 0 spiro atoms. The van der Waals surface area contributed by atoms with Gasteiger partial charge < -0.3 is 9.84 Å². The summed E-state index contributed by atoms with van der Waals surface area (Å²) in [5.41, 5.74) is 0.352. The van der Waals surface area contributed by atoms with E-state index in [1.54, 1.807) is 18.3 Å². The number of carbonyl (C=O) groups excluding carboxylic acids is 1. The van der Waals surface area contributed by atoms with Gasteiger partial charge in [-0.15, -0.1) is 11.3 Å². The number of rotatable bonds is 5. The predicted molar refractivity (Wildman–Crippen MR) is 86.3 cm³/mol. The van der Waals surface area contributed by atoms with Crippen molar-refractivity contribution in [1.82, 2.24) is 20.0 Å². The van der Waals surface area contributed by atoms with E-state index in [1.165, 1.54) is 10.9 Å². The molecule has 0 aromatic carbocycles. The molecular weight excluding hydrogens is 316 g/mol. The lowest BCUT2D eigenvalue weighted by Crippen LogP contribution is -2.36. The van der Waals surface area contributed by atoms with E-state index in [-0.39, 0.29) is 17.2 Å². The summed E-state index contributed by atoms with van der Waals surface area (Å²) in [6.07, 6.45) is 1.82. The summed E-state index contributed by atoms with van der Waals surface area (Å²) in [5, 5.41) is 8.88. The first kappa shape index (κ1) is 15.4. The van der Waals surface area contributed by atoms with Crippen LogP contribution in [0.5, 0.6) is 0 Å². The van der Waals surface area contributed by atoms with Gasteiger partial charge in [0.05, 0.1) is 12.2 Å². The maximum absolute atomic E-state index is 12.6. The first-order valence-corrected chi connectivity index (χ1v) is 8.13. The van der Waals surface area contributed by atoms with E-state index < -0.39 is 6.04 Å². The molecule has 0 saturated heterocycles. The van der Waals surface area contributed by atoms with Gasteiger partial charge in [-0.1, -0.05) is 18.1 Å². The molecule has 1 atom stereocenters. The van der Waals surface area contributed by atoms with E-state index >= 15 is 0 Å². The third-order valence-corrected chi connectivity index (χ3v) is 4.51. The minimum Gasteiger partial charge on any atom is -0.349 e. The smallest absolute Gasteiger partial charge is 0.267 e. The van der Waals surface area contributed by atoms with Crippen molar-refractivity contribution in [3.05, 3.63) is 44.8 Å². The highest BCUT2D eigenvalue weighted by atomic mass is 32.1. The average Bonchev–Trinajstić information content (AvgIpc) is 3.18. The van der Waals surface area contributed by atoms with Crippen molar-refractivity contribution in [3.8, 4) is 0 Å². The van der Waals surface area contributed by atoms with Crippen LogP contribution in [0, 0.1) is 6.92 Å². The van der Waals surface area contributed by atoms with Gasteiger partial charge in [-0.2, -0.15) is 0 Å². The van der Waals surface area contributed by atoms with Crippen LogP contribution in [0.2, 0.25) is 0 Å². The highest BCUT2D eigenvalue weighted by Crippen LogP contribution is 2.15. The van der Waals surface area contributed by atoms with Crippen molar-refractivity contribution in [2.75, 3.05) is 0 Å². The Morgan fingerprint density at radius 2 is 2.35 bits per heavy atom. The largest absolute Gasteiger partial charge is 0.349 e. The summed E-state index contributed by atoms with van der Waals surface area (Å²) < 4.78 is 6.32. The van der Waals surface area contributed by atoms with Crippen molar-refractivity contribution < 1.29 is 9.32 Å². The molecule has 3 aromatic heterocycles. The average molecular weight is 332 g/mol. The molecular formula is C15H16N4O3S. The molecule has 0 aliphatic heterocycles. The molecule has 1 unspecified atom stereocenters. The fraction of sp³-hybridized carbons (Fsp3) is 0.333. The van der Waals surface area contributed by atoms with Gasteiger partial charge in [-0.05, 0) is 24.8 Å². The summed E-state index contributed by atoms with van der Waals surface area (Å²) in [4.78, 5) is 30.2. The summed E-state index contributed by atoms with van der Waals surface area (Å²) in [6.45, 7) is 3.98. The van der Waals surface area contributed by atoms with Crippen LogP contribution >= 0.6 is 11.3 Å². The molecule has 0 bridgehead atoms. The quantitative estimate of drug-likeness (QED) is 0.772. The minimum atomic E-state index is -0.617. The first-order chi connectivity index (χ1) is 11.1. The van der Waals surface area contributed by atoms with Crippen molar-refractivity contribution in [3.63, 3.8) is 0 Å². The highest BCUT2D eigenvalue weighted by molar-refractivity contribution is 7.09. The van der Waals surface area contributed by atoms with Crippen molar-refractivity contribution in [2.45, 2.75) is 32.9 Å². The third kappa shape index (κ3) is 2.89. The Kier molecular flexibility index (Phi) is 4.24. The molecule has 1 N–H and O–H groups in total. The van der Waals surface area contributed by atoms with Gasteiger partial charge in [0, 0.05) is 4.88 Å². The predicted octanol–water partition coefficient (Wildman–Crippen LogP) is 2.02. The number of nitrogens with zero attached hydrogens (tertiary/aromatic N) is 3. The molecule has 0 aliphatic carbocycles. The second-order valence-electron chi connectivity index (χ2n) is 5.13. The van der Waals surface area contributed by atoms with Crippen LogP contribution in [0.3, 0.4) is 0 Å². The van der Waals surface area contributed by atoms with E-state index in [0.717, 1.165) is 4.88 Å². The van der Waals surface area contributed by atoms with Crippen molar-refractivity contribution in [2.24, 2.45) is 0 Å². The Hall–Kier alpha value is -2.48. The zero-order valence-corrected chi connectivity index (χ0v) is 13.6. The summed E-state index contributed by atoms with van der Waals surface area (Å²) >= 11 is 1.57. The number of hydrogen-bond acceptors (Lipinski definition) is 6. The maximum Gasteiger partial charge on any atom is 0.267 e. The Morgan fingerprint density at radius 3 is 3.04 bits per heavy atom. The molecule has 3 heterocycles. The van der Waals surface area contributed by atoms with Crippen molar-refractivity contribution >= 4 is 28.3 Å². The molecule has 0 saturated carbocycles. The van der Waals surface area contributed by atoms with Gasteiger partial charge in [0.25, 0.3) is 11.3 Å².